The Kier molecular flexibility index (Phi) is 22.9. The highest BCUT2D eigenvalue weighted by Gasteiger charge is 2.49. The van der Waals surface area contributed by atoms with Crippen molar-refractivity contribution in [3.05, 3.63) is 0 Å². The van der Waals surface area contributed by atoms with Gasteiger partial charge in [-0.15, -0.1) is 0 Å². The van der Waals surface area contributed by atoms with Crippen molar-refractivity contribution in [1.29, 1.82) is 0 Å². The predicted octanol–water partition coefficient (Wildman–Crippen LogP) is 6.39. The third-order valence-corrected chi connectivity index (χ3v) is 18.5. The maximum atomic E-state index is 12.6. The van der Waals surface area contributed by atoms with Crippen LogP contribution in [0.4, 0.5) is 0 Å². The number of phosphoric acid groups is 6. The van der Waals surface area contributed by atoms with Gasteiger partial charge in [-0.1, -0.05) is 20.3 Å². The number of hydrogen-bond donors (Lipinski definition) is 2. The van der Waals surface area contributed by atoms with Gasteiger partial charge in [0.25, 0.3) is 0 Å². The van der Waals surface area contributed by atoms with Gasteiger partial charge in [-0.05, 0) is 19.8 Å². The number of hydrogen-bond acceptors (Lipinski definition) is 24. The first-order valence-electron chi connectivity index (χ1n) is 16.0. The number of aliphatic hydroxyl groups excluding tert-OH is 2. The third-order valence-electron chi connectivity index (χ3n) is 7.58. The molecule has 11 atom stereocenters. The molecule has 0 radical (unpaired) electrons. The van der Waals surface area contributed by atoms with Crippen molar-refractivity contribution < 1.29 is 110 Å². The van der Waals surface area contributed by atoms with E-state index < -0.39 is 71.4 Å². The summed E-state index contributed by atoms with van der Waals surface area (Å²) < 4.78 is 150. The Hall–Kier alpha value is 0.660. The molecule has 2 heterocycles. The minimum absolute atomic E-state index is 0.121. The zero-order valence-corrected chi connectivity index (χ0v) is 37.2. The van der Waals surface area contributed by atoms with Gasteiger partial charge in [0.1, 0.15) is 12.2 Å². The molecule has 0 spiro atoms. The summed E-state index contributed by atoms with van der Waals surface area (Å²) in [7, 11) is -19.4. The fourth-order valence-electron chi connectivity index (χ4n) is 4.68. The second kappa shape index (κ2) is 23.4. The van der Waals surface area contributed by atoms with Crippen LogP contribution in [-0.2, 0) is 99.3 Å². The van der Waals surface area contributed by atoms with E-state index in [0.717, 1.165) is 69.7 Å². The summed E-state index contributed by atoms with van der Waals surface area (Å²) in [6, 6.07) is 0. The molecule has 0 amide bonds. The summed E-state index contributed by atoms with van der Waals surface area (Å²) in [6.45, 7) is 4.92. The predicted molar refractivity (Wildman–Crippen MR) is 186 cm³/mol. The quantitative estimate of drug-likeness (QED) is 0.0938. The fourth-order valence-corrected chi connectivity index (χ4v) is 13.6. The molecular weight excluding hydrogens is 858 g/mol. The third kappa shape index (κ3) is 16.0. The van der Waals surface area contributed by atoms with Crippen LogP contribution in [0.15, 0.2) is 0 Å². The molecule has 54 heavy (non-hydrogen) atoms. The van der Waals surface area contributed by atoms with Crippen LogP contribution in [-0.4, -0.2) is 117 Å². The van der Waals surface area contributed by atoms with Crippen molar-refractivity contribution in [1.82, 2.24) is 0 Å². The van der Waals surface area contributed by atoms with Crippen LogP contribution in [0.25, 0.3) is 0 Å². The Bertz CT molecular complexity index is 1400. The Morgan fingerprint density at radius 3 is 1.26 bits per heavy atom. The zero-order chi connectivity index (χ0) is 41.6. The molecule has 2 saturated heterocycles. The maximum absolute atomic E-state index is 12.6. The Labute approximate surface area is 315 Å². The first-order chi connectivity index (χ1) is 25.1. The average molecular weight is 913 g/mol. The Balaban J connectivity index is 0.000000540. The largest absolute Gasteiger partial charge is 0.492 e. The molecule has 0 aromatic carbocycles. The van der Waals surface area contributed by atoms with Crippen LogP contribution in [0.5, 0.6) is 0 Å². The summed E-state index contributed by atoms with van der Waals surface area (Å²) in [5.74, 6) is -0.121. The lowest BCUT2D eigenvalue weighted by Crippen LogP contribution is -2.30. The number of ether oxygens (including phenoxy) is 2. The second-order valence-electron chi connectivity index (χ2n) is 10.9. The van der Waals surface area contributed by atoms with Crippen LogP contribution in [0.1, 0.15) is 46.5 Å². The molecule has 30 heteroatoms. The number of aliphatic hydroxyl groups is 2. The molecule has 0 aromatic heterocycles. The summed E-state index contributed by atoms with van der Waals surface area (Å²) in [5, 5.41) is 20.2. The lowest BCUT2D eigenvalue weighted by atomic mass is 9.95. The lowest BCUT2D eigenvalue weighted by Gasteiger charge is -2.24. The molecule has 0 aliphatic carbocycles. The van der Waals surface area contributed by atoms with E-state index in [1.54, 1.807) is 6.92 Å². The summed E-state index contributed by atoms with van der Waals surface area (Å²) in [6.07, 6.45) is -0.946. The van der Waals surface area contributed by atoms with Crippen molar-refractivity contribution in [3.8, 4) is 0 Å². The Morgan fingerprint density at radius 1 is 0.556 bits per heavy atom. The van der Waals surface area contributed by atoms with E-state index in [1.807, 2.05) is 13.8 Å². The van der Waals surface area contributed by atoms with Gasteiger partial charge in [-0.25, -0.2) is 27.4 Å². The van der Waals surface area contributed by atoms with Crippen LogP contribution in [0, 0.1) is 5.92 Å². The van der Waals surface area contributed by atoms with Crippen molar-refractivity contribution in [2.75, 3.05) is 70.1 Å². The standard InChI is InChI=1S/2C12H27O12P3/c1-7-10-9(2)22-11(12(10)13)8-21-26(15,19-5)24-27(16,20-6)23-25(14,17-3)18-4;1-6-7-10-8-11(13)12(22-10)9-21-26(15,19-4)24-27(16,20-5)23-25(14,17-2)18-3/h9-13H,7-8H2,1-6H3;10-13H,6-9H2,1-5H3. The SMILES string of the molecule is CCC1C(C)OC(COP(=O)(OC)OP(=O)(OC)OP(=O)(OC)OC)C1O.CCCC1CC(O)C(COP(=O)(OC)OP(=O)(OC)OP(=O)(OC)OC)O1. The maximum Gasteiger partial charge on any atom is 0.492 e. The first kappa shape index (κ1) is 52.7. The average Bonchev–Trinajstić information content (AvgIpc) is 3.64. The highest BCUT2D eigenvalue weighted by molar-refractivity contribution is 7.68. The second-order valence-corrected chi connectivity index (χ2v) is 22.3. The van der Waals surface area contributed by atoms with Crippen LogP contribution >= 0.6 is 46.9 Å². The molecule has 2 rings (SSSR count). The van der Waals surface area contributed by atoms with E-state index in [-0.39, 0.29) is 31.3 Å². The van der Waals surface area contributed by atoms with Crippen molar-refractivity contribution in [2.24, 2.45) is 5.92 Å². The Morgan fingerprint density at radius 2 is 0.926 bits per heavy atom. The van der Waals surface area contributed by atoms with Crippen molar-refractivity contribution in [2.45, 2.75) is 83.1 Å². The van der Waals surface area contributed by atoms with E-state index in [4.69, 9.17) is 27.1 Å². The normalized spacial score (nSPS) is 29.4. The molecule has 0 bridgehead atoms. The van der Waals surface area contributed by atoms with Gasteiger partial charge >= 0.3 is 46.9 Å². The summed E-state index contributed by atoms with van der Waals surface area (Å²) >= 11 is 0. The fraction of sp³-hybridized carbons (Fsp3) is 1.00. The summed E-state index contributed by atoms with van der Waals surface area (Å²) in [4.78, 5) is 0. The first-order valence-corrected chi connectivity index (χ1v) is 24.7. The topological polar surface area (TPSA) is 291 Å². The van der Waals surface area contributed by atoms with Crippen molar-refractivity contribution in [3.63, 3.8) is 0 Å². The molecular formula is C24H54O24P6. The number of phosphoric ester groups is 4. The zero-order valence-electron chi connectivity index (χ0n) is 31.8. The van der Waals surface area contributed by atoms with Gasteiger partial charge in [0.2, 0.25) is 0 Å². The summed E-state index contributed by atoms with van der Waals surface area (Å²) in [5.41, 5.74) is 0. The van der Waals surface area contributed by atoms with Crippen LogP contribution < -0.4 is 0 Å². The molecule has 2 fully saturated rings. The van der Waals surface area contributed by atoms with E-state index in [2.05, 4.69) is 44.8 Å². The molecule has 2 aliphatic heterocycles. The highest BCUT2D eigenvalue weighted by Crippen LogP contribution is 2.73. The minimum atomic E-state index is -4.73. The van der Waals surface area contributed by atoms with Crippen LogP contribution in [0.3, 0.4) is 0 Å². The van der Waals surface area contributed by atoms with Gasteiger partial charge in [0, 0.05) is 69.2 Å². The molecule has 2 N–H and O–H groups in total. The smallest absolute Gasteiger partial charge is 0.390 e. The molecule has 0 aromatic rings. The molecule has 11 unspecified atom stereocenters. The molecule has 0 saturated carbocycles. The van der Waals surface area contributed by atoms with E-state index in [9.17, 15) is 37.6 Å². The van der Waals surface area contributed by atoms with Gasteiger partial charge in [0.15, 0.2) is 0 Å². The lowest BCUT2D eigenvalue weighted by molar-refractivity contribution is -0.0243. The van der Waals surface area contributed by atoms with Gasteiger partial charge < -0.3 is 19.7 Å². The van der Waals surface area contributed by atoms with Crippen molar-refractivity contribution >= 4 is 46.9 Å². The van der Waals surface area contributed by atoms with E-state index in [0.29, 0.717) is 12.8 Å². The van der Waals surface area contributed by atoms with Gasteiger partial charge in [0.05, 0.1) is 37.6 Å². The van der Waals surface area contributed by atoms with E-state index >= 15 is 0 Å². The molecule has 324 valence electrons. The van der Waals surface area contributed by atoms with Crippen LogP contribution in [0.2, 0.25) is 0 Å². The molecule has 2 aliphatic rings. The molecule has 24 nitrogen and oxygen atoms in total. The highest BCUT2D eigenvalue weighted by atomic mass is 31.3. The minimum Gasteiger partial charge on any atom is -0.390 e. The van der Waals surface area contributed by atoms with Gasteiger partial charge in [-0.3, -0.25) is 45.2 Å². The monoisotopic (exact) mass is 912 g/mol. The van der Waals surface area contributed by atoms with Gasteiger partial charge in [-0.2, -0.15) is 17.2 Å². The van der Waals surface area contributed by atoms with E-state index in [1.165, 1.54) is 0 Å². The number of rotatable bonds is 25.